The van der Waals surface area contributed by atoms with Crippen molar-refractivity contribution in [3.63, 3.8) is 0 Å². The average molecular weight is 1790 g/mol. The molecule has 13 amide bonds. The van der Waals surface area contributed by atoms with Crippen LogP contribution >= 0.6 is 25.7 Å². The summed E-state index contributed by atoms with van der Waals surface area (Å²) in [5.41, 5.74) is 6.40. The first-order valence-corrected chi connectivity index (χ1v) is 46.1. The molecular formula is C77H108B15N15O18PS2. The molecule has 3 aromatic carbocycles. The van der Waals surface area contributed by atoms with Gasteiger partial charge in [-0.1, -0.05) is 66.7 Å². The zero-order valence-electron chi connectivity index (χ0n) is 73.9. The molecule has 9 unspecified atom stereocenters. The molecule has 0 bridgehead atoms. The third kappa shape index (κ3) is 42.2. The number of nitrogens with two attached hydrogens (primary N) is 1. The Morgan fingerprint density at radius 1 is 0.406 bits per heavy atom. The van der Waals surface area contributed by atoms with Crippen molar-refractivity contribution in [2.24, 2.45) is 23.5 Å². The monoisotopic (exact) mass is 1790 g/mol. The predicted octanol–water partition coefficient (Wildman–Crippen LogP) is -5.69. The number of hydrogen-bond donors (Lipinski definition) is 15. The van der Waals surface area contributed by atoms with Crippen LogP contribution in [0.15, 0.2) is 91.0 Å². The number of carbonyl (C=O) groups is 17. The zero-order valence-corrected chi connectivity index (χ0v) is 76.4. The smallest absolute Gasteiger partial charge is 0.323 e. The number of hydrogen-bond acceptors (Lipinski definition) is 20. The Labute approximate surface area is 766 Å². The van der Waals surface area contributed by atoms with Crippen molar-refractivity contribution in [1.82, 2.24) is 74.4 Å². The number of benzene rings is 3. The van der Waals surface area contributed by atoms with Crippen LogP contribution in [0.1, 0.15) is 137 Å². The van der Waals surface area contributed by atoms with Gasteiger partial charge in [-0.25, -0.2) is 0 Å². The maximum Gasteiger partial charge on any atom is 0.323 e. The van der Waals surface area contributed by atoms with Crippen LogP contribution in [0, 0.1) is 17.8 Å². The number of rotatable bonds is 54. The first-order valence-electron chi connectivity index (χ1n) is 41.5. The van der Waals surface area contributed by atoms with Crippen molar-refractivity contribution in [3.05, 3.63) is 108 Å². The average Bonchev–Trinajstić information content (AvgIpc) is 0.828. The third-order valence-electron chi connectivity index (χ3n) is 19.2. The molecule has 0 saturated carbocycles. The summed E-state index contributed by atoms with van der Waals surface area (Å²) >= 11 is 0. The van der Waals surface area contributed by atoms with E-state index in [9.17, 15) is 81.5 Å². The van der Waals surface area contributed by atoms with Gasteiger partial charge in [-0.05, 0) is 40.0 Å². The van der Waals surface area contributed by atoms with E-state index in [1.807, 2.05) is 13.8 Å². The normalized spacial score (nSPS) is 13.2. The minimum atomic E-state index is -2.89. The second-order valence-electron chi connectivity index (χ2n) is 32.3. The van der Waals surface area contributed by atoms with Crippen molar-refractivity contribution in [2.45, 2.75) is 199 Å². The van der Waals surface area contributed by atoms with E-state index in [-0.39, 0.29) is 77.6 Å². The molecule has 33 nitrogen and oxygen atoms in total. The van der Waals surface area contributed by atoms with Gasteiger partial charge in [-0.2, -0.15) is 0 Å². The van der Waals surface area contributed by atoms with Gasteiger partial charge in [0.05, 0.1) is 6.54 Å². The first-order chi connectivity index (χ1) is 60.3. The standard InChI is InChI=1S/C77H108B15N15O18PS2/c1-45(2)31-51(37-94-42-67(115)127(87-79,88-80)91(83)84)100-73(121)57(34-48-19-13-10-14-20-48)102-65(113)40-97-69(117)53(26-29-60(108)95-38-63(111)104-59(36-50-23-17-12-18-24-50)75(123)107-56(33-47(5)6)71(119)99-43-68(116)128(89-81,90-82)92(85)86)105-72(120)54(101-62(110)28-25-52(93)76(124)125-77(7,8)9)27-30-61(109)96-39-64(112)103-58(35-49-21-15-11-16-22-49)74(122)106-55(32-46(3)4)70(118)98-41-66(114)126-44-78/h10-24,45-47,51-59,94H,25-43,93H2,1-9H3,(H,95,108)(H,96,109)(H,97,117)(H,98,118)(H,99,119)(H,100,121)(H,101,110)(H,102,113)(H,103,112)(H,104,111)(H,105,120)(H,106,122)(H,107,123). The van der Waals surface area contributed by atoms with Crippen molar-refractivity contribution in [3.8, 4) is 0 Å². The summed E-state index contributed by atoms with van der Waals surface area (Å²) in [7, 11) is 46.3. The van der Waals surface area contributed by atoms with Crippen molar-refractivity contribution >= 4 is 235 Å². The number of nitrogens with one attached hydrogen (secondary N) is 14. The summed E-state index contributed by atoms with van der Waals surface area (Å²) in [4.78, 5) is 236. The van der Waals surface area contributed by atoms with Gasteiger partial charge in [0.15, 0.2) is 0 Å². The fraction of sp³-hybridized carbons (Fsp3) is 0.532. The molecule has 0 fully saturated rings. The molecule has 51 heteroatoms. The van der Waals surface area contributed by atoms with Gasteiger partial charge >= 0.3 is 515 Å². The topological polar surface area (TPSA) is 494 Å². The zero-order chi connectivity index (χ0) is 96.0. The molecule has 9 atom stereocenters. The van der Waals surface area contributed by atoms with Crippen LogP contribution in [0.3, 0.4) is 0 Å². The second-order valence-corrected chi connectivity index (χ2v) is 39.4. The Kier molecular flexibility index (Phi) is 51.7. The van der Waals surface area contributed by atoms with E-state index in [0.29, 0.717) is 23.1 Å². The fourth-order valence-electron chi connectivity index (χ4n) is 12.5. The predicted molar refractivity (Wildman–Crippen MR) is 512 cm³/mol. The summed E-state index contributed by atoms with van der Waals surface area (Å²) in [6.45, 7) is 11.9. The molecule has 17 radical (unpaired) electrons. The number of carbonyl (C=O) groups excluding carboxylic acids is 17. The SMILES string of the molecule is [B]B=S(=B[B])(B([B])[B])C(=O)CNCC(CC(C)C)NC(=O)C(Cc1ccccc1)NC(=O)CNC(=O)C(CCC(=O)NCC(=O)NC(Cc1ccccc1)C(=O)NC(CC(C)C)C(=O)NCC(=O)S(=B[B])(=B[B])B([B])[B])NC(=O)C(CCC(=O)NCC(=O)NC(Cc1ccccc1)C(=O)NC(CC(C)C)C(=O)NCC(=O)P=C=[B])NC(=O)CCC(N)C(=O)OC(C)(C)C. The minimum absolute atomic E-state index is 0.0134. The van der Waals surface area contributed by atoms with Crippen LogP contribution in [0.2, 0.25) is 0 Å². The van der Waals surface area contributed by atoms with E-state index in [2.05, 4.69) is 79.8 Å². The van der Waals surface area contributed by atoms with Crippen molar-refractivity contribution < 1.29 is 86.2 Å². The van der Waals surface area contributed by atoms with E-state index in [4.69, 9.17) is 79.9 Å². The Hall–Kier alpha value is -9.08. The van der Waals surface area contributed by atoms with Crippen LogP contribution in [0.5, 0.6) is 0 Å². The Bertz CT molecular complexity index is 4640. The molecule has 16 N–H and O–H groups in total. The molecular weight excluding hydrogens is 1680 g/mol. The number of esters is 1. The van der Waals surface area contributed by atoms with Crippen LogP contribution in [0.4, 0.5) is 0 Å². The Morgan fingerprint density at radius 2 is 0.734 bits per heavy atom. The quantitative estimate of drug-likeness (QED) is 0.0142. The first kappa shape index (κ1) is 113. The summed E-state index contributed by atoms with van der Waals surface area (Å²) in [5.74, 6) is -15.5. The van der Waals surface area contributed by atoms with Gasteiger partial charge in [0.25, 0.3) is 0 Å². The molecule has 0 spiro atoms. The van der Waals surface area contributed by atoms with Crippen molar-refractivity contribution in [2.75, 3.05) is 45.8 Å². The van der Waals surface area contributed by atoms with Crippen molar-refractivity contribution in [1.29, 1.82) is 0 Å². The molecule has 128 heavy (non-hydrogen) atoms. The van der Waals surface area contributed by atoms with E-state index in [1.165, 1.54) is 0 Å². The Balaban J connectivity index is 2.09. The van der Waals surface area contributed by atoms with Gasteiger partial charge in [0.1, 0.15) is 23.7 Å². The second kappa shape index (κ2) is 58.6. The van der Waals surface area contributed by atoms with Crippen LogP contribution in [-0.2, 0) is 106 Å². The molecule has 3 rings (SSSR count). The van der Waals surface area contributed by atoms with E-state index in [0.717, 1.165) is 24.2 Å². The maximum absolute atomic E-state index is 14.9. The molecule has 0 aromatic heterocycles. The van der Waals surface area contributed by atoms with Gasteiger partial charge in [0.2, 0.25) is 29.5 Å². The molecule has 0 saturated heterocycles. The molecule has 0 heterocycles. The van der Waals surface area contributed by atoms with Gasteiger partial charge in [0, 0.05) is 19.3 Å². The summed E-state index contributed by atoms with van der Waals surface area (Å²) in [5, 5.41) is 37.3. The van der Waals surface area contributed by atoms with Gasteiger partial charge in [-0.3, -0.25) is 33.6 Å². The molecule has 0 aliphatic heterocycles. The van der Waals surface area contributed by atoms with E-state index >= 15 is 0 Å². The van der Waals surface area contributed by atoms with Gasteiger partial charge in [-0.15, -0.1) is 0 Å². The fourth-order valence-corrected chi connectivity index (χ4v) is 15.6. The van der Waals surface area contributed by atoms with E-state index in [1.54, 1.807) is 139 Å². The third-order valence-corrected chi connectivity index (χ3v) is 25.2. The summed E-state index contributed by atoms with van der Waals surface area (Å²) in [6.07, 6.45) is -3.32. The number of ether oxygens (including phenoxy) is 1. The Morgan fingerprint density at radius 3 is 1.11 bits per heavy atom. The summed E-state index contributed by atoms with van der Waals surface area (Å²) in [6, 6.07) is 17.3. The number of amides is 13. The van der Waals surface area contributed by atoms with E-state index < -0.39 is 252 Å². The van der Waals surface area contributed by atoms with Crippen LogP contribution < -0.4 is 80.2 Å². The molecule has 0 aliphatic rings. The minimum Gasteiger partial charge on any atom is -0.459 e. The molecule has 3 aromatic rings. The molecule has 0 aliphatic carbocycles. The molecule has 661 valence electrons. The van der Waals surface area contributed by atoms with Crippen LogP contribution in [0.25, 0.3) is 0 Å². The summed E-state index contributed by atoms with van der Waals surface area (Å²) < 4.78 is 5.38. The maximum atomic E-state index is 14.9. The van der Waals surface area contributed by atoms with Crippen LogP contribution in [-0.4, -0.2) is 315 Å². The van der Waals surface area contributed by atoms with Gasteiger partial charge < -0.3 is 37.1 Å². The largest absolute Gasteiger partial charge is 0.459 e.